The molecule has 0 aliphatic carbocycles. The third kappa shape index (κ3) is 5.36. The van der Waals surface area contributed by atoms with Gasteiger partial charge in [0.05, 0.1) is 4.90 Å². The summed E-state index contributed by atoms with van der Waals surface area (Å²) in [4.78, 5) is 17.9. The van der Waals surface area contributed by atoms with Gasteiger partial charge in [-0.3, -0.25) is 14.5 Å². The number of rotatable bonds is 5. The van der Waals surface area contributed by atoms with Gasteiger partial charge in [0.15, 0.2) is 0 Å². The van der Waals surface area contributed by atoms with Crippen LogP contribution in [0.2, 0.25) is 0 Å². The average molecular weight is 418 g/mol. The second kappa shape index (κ2) is 9.25. The van der Waals surface area contributed by atoms with Crippen LogP contribution in [0.1, 0.15) is 36.0 Å². The van der Waals surface area contributed by atoms with Gasteiger partial charge < -0.3 is 5.32 Å². The van der Waals surface area contributed by atoms with Gasteiger partial charge in [-0.05, 0) is 61.6 Å². The minimum absolute atomic E-state index is 0.0926. The monoisotopic (exact) mass is 417 g/mol. The first kappa shape index (κ1) is 20.4. The molecule has 2 aromatic rings. The zero-order valence-electron chi connectivity index (χ0n) is 15.6. The number of nitrogens with zero attached hydrogens (tertiary/aromatic N) is 1. The number of hydrogen-bond acceptors (Lipinski definition) is 5. The van der Waals surface area contributed by atoms with Crippen LogP contribution in [0.4, 0.5) is 5.69 Å². The van der Waals surface area contributed by atoms with Crippen LogP contribution >= 0.6 is 11.8 Å². The first-order valence-corrected chi connectivity index (χ1v) is 11.8. The molecule has 148 valence electrons. The number of thioether (sulfide) groups is 1. The highest BCUT2D eigenvalue weighted by Gasteiger charge is 2.18. The number of benzene rings is 2. The Labute approximate surface area is 169 Å². The Kier molecular flexibility index (Phi) is 6.74. The van der Waals surface area contributed by atoms with Crippen molar-refractivity contribution in [3.05, 3.63) is 54.1 Å². The Bertz CT molecular complexity index is 970. The zero-order valence-corrected chi connectivity index (χ0v) is 17.3. The van der Waals surface area contributed by atoms with Crippen molar-refractivity contribution in [2.75, 3.05) is 18.1 Å². The van der Waals surface area contributed by atoms with E-state index in [1.807, 2.05) is 18.4 Å². The molecule has 28 heavy (non-hydrogen) atoms. The number of anilines is 1. The summed E-state index contributed by atoms with van der Waals surface area (Å²) in [6.07, 6.45) is 5.54. The summed E-state index contributed by atoms with van der Waals surface area (Å²) in [7, 11) is -3.74. The van der Waals surface area contributed by atoms with Crippen molar-refractivity contribution in [1.82, 2.24) is 4.72 Å². The molecule has 0 atom stereocenters. The molecule has 1 amide bonds. The lowest BCUT2D eigenvalue weighted by atomic mass is 10.2. The van der Waals surface area contributed by atoms with Crippen LogP contribution in [0.3, 0.4) is 0 Å². The summed E-state index contributed by atoms with van der Waals surface area (Å²) in [6.45, 7) is 0.642. The summed E-state index contributed by atoms with van der Waals surface area (Å²) >= 11 is 1.60. The second-order valence-corrected chi connectivity index (χ2v) is 9.02. The Balaban J connectivity index is 1.73. The lowest BCUT2D eigenvalue weighted by molar-refractivity contribution is 0.102. The van der Waals surface area contributed by atoms with E-state index in [1.165, 1.54) is 12.1 Å². The fourth-order valence-electron chi connectivity index (χ4n) is 2.86. The molecule has 8 heteroatoms. The van der Waals surface area contributed by atoms with Gasteiger partial charge in [-0.25, -0.2) is 8.42 Å². The van der Waals surface area contributed by atoms with Gasteiger partial charge in [0.25, 0.3) is 15.9 Å². The smallest absolute Gasteiger partial charge is 0.262 e. The van der Waals surface area contributed by atoms with Crippen LogP contribution in [0, 0.1) is 0 Å². The molecule has 0 fully saturated rings. The van der Waals surface area contributed by atoms with E-state index in [4.69, 9.17) is 0 Å². The molecule has 0 bridgehead atoms. The van der Waals surface area contributed by atoms with Gasteiger partial charge in [0, 0.05) is 29.1 Å². The van der Waals surface area contributed by atoms with Crippen LogP contribution in [-0.2, 0) is 10.0 Å². The van der Waals surface area contributed by atoms with Crippen LogP contribution in [-0.4, -0.2) is 33.0 Å². The van der Waals surface area contributed by atoms with Crippen molar-refractivity contribution < 1.29 is 13.2 Å². The van der Waals surface area contributed by atoms with Crippen molar-refractivity contribution in [2.24, 2.45) is 4.99 Å². The summed E-state index contributed by atoms with van der Waals surface area (Å²) in [5.41, 5.74) is 0.932. The predicted molar refractivity (Wildman–Crippen MR) is 114 cm³/mol. The Morgan fingerprint density at radius 2 is 1.86 bits per heavy atom. The largest absolute Gasteiger partial charge is 0.322 e. The highest BCUT2D eigenvalue weighted by atomic mass is 32.2. The van der Waals surface area contributed by atoms with Crippen LogP contribution in [0.5, 0.6) is 0 Å². The van der Waals surface area contributed by atoms with Crippen LogP contribution in [0.15, 0.2) is 63.3 Å². The summed E-state index contributed by atoms with van der Waals surface area (Å²) < 4.78 is 28.0. The number of amides is 1. The second-order valence-electron chi connectivity index (χ2n) is 6.46. The molecule has 0 saturated carbocycles. The molecule has 3 rings (SSSR count). The van der Waals surface area contributed by atoms with E-state index in [9.17, 15) is 13.2 Å². The maximum Gasteiger partial charge on any atom is 0.262 e. The van der Waals surface area contributed by atoms with Crippen molar-refractivity contribution in [1.29, 1.82) is 0 Å². The normalized spacial score (nSPS) is 14.7. The first-order valence-electron chi connectivity index (χ1n) is 9.09. The van der Waals surface area contributed by atoms with E-state index in [0.717, 1.165) is 24.2 Å². The number of nitrogens with one attached hydrogen (secondary N) is 2. The van der Waals surface area contributed by atoms with E-state index in [2.05, 4.69) is 15.0 Å². The lowest BCUT2D eigenvalue weighted by Gasteiger charge is -2.11. The molecule has 0 unspecified atom stereocenters. The predicted octanol–water partition coefficient (Wildman–Crippen LogP) is 3.91. The minimum atomic E-state index is -3.74. The van der Waals surface area contributed by atoms with E-state index < -0.39 is 10.0 Å². The minimum Gasteiger partial charge on any atom is -0.322 e. The average Bonchev–Trinajstić information content (AvgIpc) is 2.96. The highest BCUT2D eigenvalue weighted by Crippen LogP contribution is 2.19. The van der Waals surface area contributed by atoms with Crippen LogP contribution < -0.4 is 10.0 Å². The number of aliphatic imine (C=N–C) groups is 1. The Morgan fingerprint density at radius 1 is 1.07 bits per heavy atom. The Morgan fingerprint density at radius 3 is 2.61 bits per heavy atom. The molecule has 0 aromatic heterocycles. The topological polar surface area (TPSA) is 87.6 Å². The number of amidine groups is 1. The van der Waals surface area contributed by atoms with Gasteiger partial charge in [0.1, 0.15) is 5.84 Å². The van der Waals surface area contributed by atoms with Crippen molar-refractivity contribution in [3.63, 3.8) is 0 Å². The molecule has 1 aliphatic rings. The maximum atomic E-state index is 12.7. The summed E-state index contributed by atoms with van der Waals surface area (Å²) in [6, 6.07) is 13.5. The molecule has 2 N–H and O–H groups in total. The fraction of sp³-hybridized carbons (Fsp3) is 0.300. The molecule has 1 aliphatic heterocycles. The standard InChI is InChI=1S/C20H23N3O3S2/c1-27-17-11-9-15(10-12-17)20(24)22-16-6-5-7-18(14-16)28(25,26)23-19-8-3-2-4-13-21-19/h5-7,9-12,14H,2-4,8,13H2,1H3,(H,21,23)(H,22,24). The third-order valence-electron chi connectivity index (χ3n) is 4.38. The molecule has 0 radical (unpaired) electrons. The molecule has 0 spiro atoms. The molecule has 6 nitrogen and oxygen atoms in total. The number of carbonyl (C=O) groups is 1. The van der Waals surface area contributed by atoms with E-state index in [0.29, 0.717) is 30.1 Å². The molecule has 0 saturated heterocycles. The van der Waals surface area contributed by atoms with Crippen molar-refractivity contribution >= 4 is 39.2 Å². The van der Waals surface area contributed by atoms with Gasteiger partial charge in [-0.15, -0.1) is 11.8 Å². The van der Waals surface area contributed by atoms with E-state index in [1.54, 1.807) is 36.0 Å². The molecular weight excluding hydrogens is 394 g/mol. The highest BCUT2D eigenvalue weighted by molar-refractivity contribution is 7.98. The van der Waals surface area contributed by atoms with E-state index in [-0.39, 0.29) is 10.8 Å². The fourth-order valence-corrected chi connectivity index (χ4v) is 4.40. The maximum absolute atomic E-state index is 12.7. The lowest BCUT2D eigenvalue weighted by Crippen LogP contribution is -2.30. The molecule has 2 aromatic carbocycles. The van der Waals surface area contributed by atoms with Crippen molar-refractivity contribution in [3.8, 4) is 0 Å². The molecule has 1 heterocycles. The van der Waals surface area contributed by atoms with Gasteiger partial charge in [-0.2, -0.15) is 0 Å². The number of hydrogen-bond donors (Lipinski definition) is 2. The first-order chi connectivity index (χ1) is 13.5. The van der Waals surface area contributed by atoms with Gasteiger partial charge in [0.2, 0.25) is 0 Å². The van der Waals surface area contributed by atoms with E-state index >= 15 is 0 Å². The van der Waals surface area contributed by atoms with Crippen LogP contribution in [0.25, 0.3) is 0 Å². The summed E-state index contributed by atoms with van der Waals surface area (Å²) in [5.74, 6) is 0.212. The van der Waals surface area contributed by atoms with Crippen molar-refractivity contribution in [2.45, 2.75) is 35.5 Å². The zero-order chi connectivity index (χ0) is 20.0. The third-order valence-corrected chi connectivity index (χ3v) is 6.50. The number of carbonyl (C=O) groups excluding carboxylic acids is 1. The SMILES string of the molecule is CSc1ccc(C(=O)Nc2cccc(S(=O)(=O)NC3=NCCCCC3)c2)cc1. The Hall–Kier alpha value is -2.32. The summed E-state index contributed by atoms with van der Waals surface area (Å²) in [5, 5.41) is 2.75. The quantitative estimate of drug-likeness (QED) is 0.722. The van der Waals surface area contributed by atoms with Gasteiger partial charge >= 0.3 is 0 Å². The van der Waals surface area contributed by atoms with Gasteiger partial charge in [-0.1, -0.05) is 12.5 Å². The number of sulfonamides is 1. The molecular formula is C20H23N3O3S2.